The van der Waals surface area contributed by atoms with E-state index in [1.54, 1.807) is 12.1 Å². The summed E-state index contributed by atoms with van der Waals surface area (Å²) in [5.41, 5.74) is 7.31. The van der Waals surface area contributed by atoms with Crippen LogP contribution in [0.3, 0.4) is 0 Å². The number of rotatable bonds is 11. The topological polar surface area (TPSA) is 42.5 Å². The zero-order chi connectivity index (χ0) is 15.8. The maximum absolute atomic E-state index is 13.8. The van der Waals surface area contributed by atoms with Gasteiger partial charge in [0.1, 0.15) is 0 Å². The second-order valence-corrected chi connectivity index (χ2v) is 5.85. The fourth-order valence-corrected chi connectivity index (χ4v) is 2.07. The van der Waals surface area contributed by atoms with Crippen molar-refractivity contribution in [2.24, 2.45) is 5.92 Å². The summed E-state index contributed by atoms with van der Waals surface area (Å²) in [5, 5.41) is 0. The van der Waals surface area contributed by atoms with Crippen molar-refractivity contribution in [2.45, 2.75) is 39.2 Å². The number of ether oxygens (including phenoxy) is 2. The summed E-state index contributed by atoms with van der Waals surface area (Å²) in [6.45, 7) is 6.93. The van der Waals surface area contributed by atoms with Crippen molar-refractivity contribution in [2.75, 3.05) is 26.4 Å². The Kier molecular flexibility index (Phi) is 7.09. The van der Waals surface area contributed by atoms with Gasteiger partial charge in [-0.2, -0.15) is 0 Å². The largest absolute Gasteiger partial charge is 0.490 e. The first-order valence-electron chi connectivity index (χ1n) is 8.19. The van der Waals surface area contributed by atoms with Gasteiger partial charge in [-0.05, 0) is 49.8 Å². The number of hydrogen-bond acceptors (Lipinski definition) is 4. The third-order valence-corrected chi connectivity index (χ3v) is 3.67. The number of benzene rings is 1. The molecule has 22 heavy (non-hydrogen) atoms. The molecule has 0 heterocycles. The zero-order valence-electron chi connectivity index (χ0n) is 13.5. The second kappa shape index (κ2) is 9.08. The Balaban J connectivity index is 1.75. The Morgan fingerprint density at radius 1 is 1.32 bits per heavy atom. The predicted molar refractivity (Wildman–Crippen MR) is 85.3 cm³/mol. The van der Waals surface area contributed by atoms with Crippen LogP contribution in [0.2, 0.25) is 0 Å². The molecule has 2 N–H and O–H groups in total. The van der Waals surface area contributed by atoms with Gasteiger partial charge in [0.25, 0.3) is 0 Å². The minimum atomic E-state index is -0.294. The molecular formula is C17H27FN2O2. The van der Waals surface area contributed by atoms with Crippen LogP contribution < -0.4 is 15.6 Å². The van der Waals surface area contributed by atoms with E-state index in [9.17, 15) is 4.39 Å². The van der Waals surface area contributed by atoms with Crippen molar-refractivity contribution in [1.82, 2.24) is 10.9 Å². The maximum Gasteiger partial charge on any atom is 0.165 e. The predicted octanol–water partition coefficient (Wildman–Crippen LogP) is 3.20. The average molecular weight is 310 g/mol. The number of halogens is 1. The summed E-state index contributed by atoms with van der Waals surface area (Å²) in [6, 6.07) is 5.10. The van der Waals surface area contributed by atoms with Crippen LogP contribution in [0.1, 0.15) is 44.7 Å². The molecule has 124 valence electrons. The molecule has 5 heteroatoms. The summed E-state index contributed by atoms with van der Waals surface area (Å²) < 4.78 is 24.7. The van der Waals surface area contributed by atoms with E-state index < -0.39 is 0 Å². The van der Waals surface area contributed by atoms with Gasteiger partial charge in [-0.15, -0.1) is 0 Å². The van der Waals surface area contributed by atoms with Gasteiger partial charge in [0.05, 0.1) is 13.2 Å². The molecule has 0 amide bonds. The van der Waals surface area contributed by atoms with Gasteiger partial charge in [0, 0.05) is 19.2 Å². The molecule has 0 aliphatic heterocycles. The molecule has 1 atom stereocenters. The molecule has 1 aliphatic carbocycles. The quantitative estimate of drug-likeness (QED) is 0.486. The molecule has 2 rings (SSSR count). The first-order chi connectivity index (χ1) is 10.7. The third kappa shape index (κ3) is 5.91. The van der Waals surface area contributed by atoms with Crippen molar-refractivity contribution in [3.8, 4) is 5.75 Å². The SMILES string of the molecule is CCCOCCNNC(C)c1ccc(F)c(OCC2CC2)c1. The average Bonchev–Trinajstić information content (AvgIpc) is 3.34. The standard InChI is InChI=1S/C17H27FN2O2/c1-3-9-21-10-8-19-20-13(2)15-6-7-16(18)17(11-15)22-12-14-4-5-14/h6-7,11,13-14,19-20H,3-5,8-10,12H2,1-2H3. The summed E-state index contributed by atoms with van der Waals surface area (Å²) in [7, 11) is 0. The van der Waals surface area contributed by atoms with Gasteiger partial charge < -0.3 is 9.47 Å². The Morgan fingerprint density at radius 2 is 2.14 bits per heavy atom. The minimum Gasteiger partial charge on any atom is -0.490 e. The fourth-order valence-electron chi connectivity index (χ4n) is 2.07. The highest BCUT2D eigenvalue weighted by Gasteiger charge is 2.22. The first-order valence-corrected chi connectivity index (χ1v) is 8.19. The number of nitrogens with one attached hydrogen (secondary N) is 2. The summed E-state index contributed by atoms with van der Waals surface area (Å²) >= 11 is 0. The van der Waals surface area contributed by atoms with Crippen molar-refractivity contribution in [3.05, 3.63) is 29.6 Å². The Labute approximate surface area is 132 Å². The molecule has 0 aromatic heterocycles. The zero-order valence-corrected chi connectivity index (χ0v) is 13.5. The van der Waals surface area contributed by atoms with E-state index in [0.29, 0.717) is 24.9 Å². The van der Waals surface area contributed by atoms with Crippen LogP contribution in [0.25, 0.3) is 0 Å². The van der Waals surface area contributed by atoms with Gasteiger partial charge in [-0.1, -0.05) is 13.0 Å². The monoisotopic (exact) mass is 310 g/mol. The molecule has 0 spiro atoms. The Bertz CT molecular complexity index is 452. The van der Waals surface area contributed by atoms with Crippen LogP contribution in [0.5, 0.6) is 5.75 Å². The van der Waals surface area contributed by atoms with Crippen LogP contribution in [-0.2, 0) is 4.74 Å². The van der Waals surface area contributed by atoms with Gasteiger partial charge in [0.15, 0.2) is 11.6 Å². The Morgan fingerprint density at radius 3 is 2.86 bits per heavy atom. The maximum atomic E-state index is 13.8. The molecule has 1 aromatic carbocycles. The highest BCUT2D eigenvalue weighted by molar-refractivity contribution is 5.32. The molecule has 1 saturated carbocycles. The van der Waals surface area contributed by atoms with Crippen LogP contribution in [-0.4, -0.2) is 26.4 Å². The van der Waals surface area contributed by atoms with E-state index in [2.05, 4.69) is 17.8 Å². The second-order valence-electron chi connectivity index (χ2n) is 5.85. The van der Waals surface area contributed by atoms with E-state index in [0.717, 1.165) is 25.1 Å². The molecule has 1 fully saturated rings. The molecule has 0 saturated heterocycles. The van der Waals surface area contributed by atoms with Crippen LogP contribution in [0, 0.1) is 11.7 Å². The van der Waals surface area contributed by atoms with Crippen molar-refractivity contribution in [3.63, 3.8) is 0 Å². The van der Waals surface area contributed by atoms with Crippen LogP contribution in [0.15, 0.2) is 18.2 Å². The van der Waals surface area contributed by atoms with Gasteiger partial charge in [0.2, 0.25) is 0 Å². The van der Waals surface area contributed by atoms with Crippen molar-refractivity contribution >= 4 is 0 Å². The molecular weight excluding hydrogens is 283 g/mol. The molecule has 4 nitrogen and oxygen atoms in total. The highest BCUT2D eigenvalue weighted by Crippen LogP contribution is 2.30. The summed E-state index contributed by atoms with van der Waals surface area (Å²) in [6.07, 6.45) is 3.43. The lowest BCUT2D eigenvalue weighted by molar-refractivity contribution is 0.133. The smallest absolute Gasteiger partial charge is 0.165 e. The molecule has 1 aliphatic rings. The summed E-state index contributed by atoms with van der Waals surface area (Å²) in [4.78, 5) is 0. The van der Waals surface area contributed by atoms with Gasteiger partial charge in [-0.3, -0.25) is 10.9 Å². The van der Waals surface area contributed by atoms with E-state index >= 15 is 0 Å². The van der Waals surface area contributed by atoms with Crippen LogP contribution >= 0.6 is 0 Å². The van der Waals surface area contributed by atoms with E-state index in [1.807, 2.05) is 6.92 Å². The lowest BCUT2D eigenvalue weighted by Gasteiger charge is -2.17. The van der Waals surface area contributed by atoms with Gasteiger partial charge in [-0.25, -0.2) is 4.39 Å². The minimum absolute atomic E-state index is 0.0649. The molecule has 0 radical (unpaired) electrons. The number of hydrazine groups is 1. The van der Waals surface area contributed by atoms with Crippen molar-refractivity contribution in [1.29, 1.82) is 0 Å². The lowest BCUT2D eigenvalue weighted by atomic mass is 10.1. The van der Waals surface area contributed by atoms with E-state index in [1.165, 1.54) is 18.9 Å². The van der Waals surface area contributed by atoms with Gasteiger partial charge >= 0.3 is 0 Å². The highest BCUT2D eigenvalue weighted by atomic mass is 19.1. The number of hydrogen-bond donors (Lipinski definition) is 2. The van der Waals surface area contributed by atoms with E-state index in [-0.39, 0.29) is 11.9 Å². The lowest BCUT2D eigenvalue weighted by Crippen LogP contribution is -2.36. The Hall–Kier alpha value is -1.17. The summed E-state index contributed by atoms with van der Waals surface area (Å²) in [5.74, 6) is 0.672. The molecule has 1 aromatic rings. The van der Waals surface area contributed by atoms with Crippen molar-refractivity contribution < 1.29 is 13.9 Å². The molecule has 0 bridgehead atoms. The third-order valence-electron chi connectivity index (χ3n) is 3.67. The van der Waals surface area contributed by atoms with E-state index in [4.69, 9.17) is 9.47 Å². The molecule has 1 unspecified atom stereocenters. The van der Waals surface area contributed by atoms with Crippen LogP contribution in [0.4, 0.5) is 4.39 Å². The normalized spacial score (nSPS) is 15.8. The fraction of sp³-hybridized carbons (Fsp3) is 0.647. The first kappa shape index (κ1) is 17.2.